The fraction of sp³-hybridized carbons (Fsp3) is 0.0952. The Balaban J connectivity index is 1.53. The van der Waals surface area contributed by atoms with E-state index in [1.165, 1.54) is 35.2 Å². The van der Waals surface area contributed by atoms with Crippen LogP contribution in [0.4, 0.5) is 10.1 Å². The van der Waals surface area contributed by atoms with Gasteiger partial charge in [-0.25, -0.2) is 4.39 Å². The van der Waals surface area contributed by atoms with Gasteiger partial charge in [0, 0.05) is 11.4 Å². The first-order valence-electron chi connectivity index (χ1n) is 8.96. The van der Waals surface area contributed by atoms with E-state index in [1.807, 2.05) is 22.1 Å². The number of carbonyl (C=O) groups is 1. The Morgan fingerprint density at radius 2 is 1.90 bits per heavy atom. The van der Waals surface area contributed by atoms with E-state index in [9.17, 15) is 9.18 Å². The summed E-state index contributed by atoms with van der Waals surface area (Å²) in [5, 5.41) is 13.9. The SMILES string of the molecule is COc1ccc(NC(=O)CSc2nnc(-c3cccs3)n2-c2ccc(F)cc2)cc1. The summed E-state index contributed by atoms with van der Waals surface area (Å²) in [6, 6.07) is 17.1. The molecule has 1 amide bonds. The average Bonchev–Trinajstić information content (AvgIpc) is 3.43. The van der Waals surface area contributed by atoms with Gasteiger partial charge in [0.25, 0.3) is 0 Å². The van der Waals surface area contributed by atoms with Crippen molar-refractivity contribution in [1.29, 1.82) is 0 Å². The molecule has 4 rings (SSSR count). The highest BCUT2D eigenvalue weighted by Gasteiger charge is 2.18. The van der Waals surface area contributed by atoms with Crippen molar-refractivity contribution in [3.8, 4) is 22.1 Å². The topological polar surface area (TPSA) is 69.0 Å². The van der Waals surface area contributed by atoms with Crippen molar-refractivity contribution < 1.29 is 13.9 Å². The number of benzene rings is 2. The lowest BCUT2D eigenvalue weighted by molar-refractivity contribution is -0.113. The van der Waals surface area contributed by atoms with E-state index in [2.05, 4.69) is 15.5 Å². The fourth-order valence-electron chi connectivity index (χ4n) is 2.75. The molecule has 0 radical (unpaired) electrons. The van der Waals surface area contributed by atoms with E-state index >= 15 is 0 Å². The zero-order chi connectivity index (χ0) is 20.9. The Bertz CT molecular complexity index is 1130. The van der Waals surface area contributed by atoms with Gasteiger partial charge in [0.15, 0.2) is 11.0 Å². The highest BCUT2D eigenvalue weighted by atomic mass is 32.2. The monoisotopic (exact) mass is 440 g/mol. The third kappa shape index (κ3) is 4.52. The number of hydrogen-bond donors (Lipinski definition) is 1. The van der Waals surface area contributed by atoms with Crippen LogP contribution in [0.3, 0.4) is 0 Å². The minimum atomic E-state index is -0.322. The van der Waals surface area contributed by atoms with Gasteiger partial charge in [-0.1, -0.05) is 17.8 Å². The van der Waals surface area contributed by atoms with Gasteiger partial charge in [-0.05, 0) is 60.0 Å². The van der Waals surface area contributed by atoms with Crippen LogP contribution in [0.1, 0.15) is 0 Å². The molecule has 0 fully saturated rings. The maximum atomic E-state index is 13.4. The van der Waals surface area contributed by atoms with Crippen LogP contribution in [0, 0.1) is 5.82 Å². The quantitative estimate of drug-likeness (QED) is 0.415. The highest BCUT2D eigenvalue weighted by Crippen LogP contribution is 2.30. The van der Waals surface area contributed by atoms with Crippen molar-refractivity contribution in [2.75, 3.05) is 18.2 Å². The molecule has 9 heteroatoms. The highest BCUT2D eigenvalue weighted by molar-refractivity contribution is 7.99. The van der Waals surface area contributed by atoms with E-state index < -0.39 is 0 Å². The van der Waals surface area contributed by atoms with Gasteiger partial charge < -0.3 is 10.1 Å². The molecule has 0 aliphatic rings. The zero-order valence-electron chi connectivity index (χ0n) is 15.9. The molecule has 2 aromatic carbocycles. The van der Waals surface area contributed by atoms with Gasteiger partial charge in [-0.3, -0.25) is 9.36 Å². The maximum absolute atomic E-state index is 13.4. The Kier molecular flexibility index (Phi) is 6.10. The summed E-state index contributed by atoms with van der Waals surface area (Å²) >= 11 is 2.80. The van der Waals surface area contributed by atoms with Crippen LogP contribution in [-0.4, -0.2) is 33.5 Å². The molecular weight excluding hydrogens is 423 g/mol. The Labute approximate surface area is 180 Å². The van der Waals surface area contributed by atoms with E-state index in [0.717, 1.165) is 16.3 Å². The summed E-state index contributed by atoms with van der Waals surface area (Å²) in [4.78, 5) is 13.3. The second kappa shape index (κ2) is 9.10. The summed E-state index contributed by atoms with van der Waals surface area (Å²) in [6.07, 6.45) is 0. The normalized spacial score (nSPS) is 10.7. The Morgan fingerprint density at radius 1 is 1.13 bits per heavy atom. The van der Waals surface area contributed by atoms with Gasteiger partial charge in [0.2, 0.25) is 5.91 Å². The number of carbonyl (C=O) groups excluding carboxylic acids is 1. The molecule has 0 saturated heterocycles. The molecule has 2 heterocycles. The third-order valence-electron chi connectivity index (χ3n) is 4.17. The number of thiophene rings is 1. The lowest BCUT2D eigenvalue weighted by Crippen LogP contribution is -2.14. The Morgan fingerprint density at radius 3 is 2.57 bits per heavy atom. The summed E-state index contributed by atoms with van der Waals surface area (Å²) in [5.41, 5.74) is 1.41. The van der Waals surface area contributed by atoms with Crippen LogP contribution in [-0.2, 0) is 4.79 Å². The number of halogens is 1. The number of anilines is 1. The van der Waals surface area contributed by atoms with Crippen LogP contribution in [0.2, 0.25) is 0 Å². The van der Waals surface area contributed by atoms with Crippen molar-refractivity contribution in [1.82, 2.24) is 14.8 Å². The fourth-order valence-corrected chi connectivity index (χ4v) is 4.20. The smallest absolute Gasteiger partial charge is 0.234 e. The number of aromatic nitrogens is 3. The number of thioether (sulfide) groups is 1. The largest absolute Gasteiger partial charge is 0.497 e. The van der Waals surface area contributed by atoms with E-state index in [0.29, 0.717) is 16.7 Å². The molecule has 152 valence electrons. The first-order chi connectivity index (χ1) is 14.6. The van der Waals surface area contributed by atoms with Gasteiger partial charge in [-0.2, -0.15) is 0 Å². The molecule has 0 atom stereocenters. The van der Waals surface area contributed by atoms with Gasteiger partial charge in [0.05, 0.1) is 17.7 Å². The molecule has 4 aromatic rings. The van der Waals surface area contributed by atoms with Gasteiger partial charge in [-0.15, -0.1) is 21.5 Å². The number of ether oxygens (including phenoxy) is 1. The van der Waals surface area contributed by atoms with Crippen molar-refractivity contribution in [3.05, 3.63) is 71.9 Å². The van der Waals surface area contributed by atoms with E-state index in [4.69, 9.17) is 4.74 Å². The van der Waals surface area contributed by atoms with Crippen LogP contribution < -0.4 is 10.1 Å². The molecule has 6 nitrogen and oxygen atoms in total. The second-order valence-corrected chi connectivity index (χ2v) is 8.05. The number of amides is 1. The molecule has 30 heavy (non-hydrogen) atoms. The summed E-state index contributed by atoms with van der Waals surface area (Å²) in [6.45, 7) is 0. The minimum absolute atomic E-state index is 0.149. The Hall–Kier alpha value is -3.17. The number of rotatable bonds is 7. The first kappa shape index (κ1) is 20.1. The molecule has 0 spiro atoms. The third-order valence-corrected chi connectivity index (χ3v) is 5.96. The summed E-state index contributed by atoms with van der Waals surface area (Å²) in [5.74, 6) is 1.02. The van der Waals surface area contributed by atoms with Crippen molar-refractivity contribution >= 4 is 34.7 Å². The summed E-state index contributed by atoms with van der Waals surface area (Å²) in [7, 11) is 1.59. The zero-order valence-corrected chi connectivity index (χ0v) is 17.5. The lowest BCUT2D eigenvalue weighted by Gasteiger charge is -2.10. The summed E-state index contributed by atoms with van der Waals surface area (Å²) < 4.78 is 20.4. The van der Waals surface area contributed by atoms with Crippen molar-refractivity contribution in [3.63, 3.8) is 0 Å². The standard InChI is InChI=1S/C21H17FN4O2S2/c1-28-17-10-6-15(7-11-17)23-19(27)13-30-21-25-24-20(18-3-2-12-29-18)26(21)16-8-4-14(22)5-9-16/h2-12H,13H2,1H3,(H,23,27). The number of nitrogens with zero attached hydrogens (tertiary/aromatic N) is 3. The lowest BCUT2D eigenvalue weighted by atomic mass is 10.3. The molecule has 2 aromatic heterocycles. The number of hydrogen-bond acceptors (Lipinski definition) is 6. The van der Waals surface area contributed by atoms with Crippen molar-refractivity contribution in [2.45, 2.75) is 5.16 Å². The van der Waals surface area contributed by atoms with Crippen LogP contribution in [0.25, 0.3) is 16.4 Å². The van der Waals surface area contributed by atoms with Crippen LogP contribution in [0.15, 0.2) is 71.2 Å². The predicted octanol–water partition coefficient (Wildman–Crippen LogP) is 4.87. The van der Waals surface area contributed by atoms with Gasteiger partial charge in [0.1, 0.15) is 11.6 Å². The van der Waals surface area contributed by atoms with Crippen LogP contribution >= 0.6 is 23.1 Å². The molecule has 0 bridgehead atoms. The van der Waals surface area contributed by atoms with E-state index in [-0.39, 0.29) is 17.5 Å². The predicted molar refractivity (Wildman–Crippen MR) is 117 cm³/mol. The van der Waals surface area contributed by atoms with E-state index in [1.54, 1.807) is 43.5 Å². The molecule has 0 saturated carbocycles. The van der Waals surface area contributed by atoms with Gasteiger partial charge >= 0.3 is 0 Å². The van der Waals surface area contributed by atoms with Crippen LogP contribution in [0.5, 0.6) is 5.75 Å². The second-order valence-electron chi connectivity index (χ2n) is 6.16. The molecule has 1 N–H and O–H groups in total. The van der Waals surface area contributed by atoms with Crippen molar-refractivity contribution in [2.24, 2.45) is 0 Å². The maximum Gasteiger partial charge on any atom is 0.234 e. The molecule has 0 unspecified atom stereocenters. The average molecular weight is 441 g/mol. The molecule has 0 aliphatic carbocycles. The molecular formula is C21H17FN4O2S2. The molecule has 0 aliphatic heterocycles. The first-order valence-corrected chi connectivity index (χ1v) is 10.8. The number of nitrogens with one attached hydrogen (secondary N) is 1. The number of methoxy groups -OCH3 is 1. The minimum Gasteiger partial charge on any atom is -0.497 e.